The van der Waals surface area contributed by atoms with Gasteiger partial charge in [-0.2, -0.15) is 0 Å². The molecular weight excluding hydrogens is 190 g/mol. The van der Waals surface area contributed by atoms with E-state index >= 15 is 0 Å². The number of aryl methyl sites for hydroxylation is 1. The highest BCUT2D eigenvalue weighted by molar-refractivity contribution is 5.59. The molecule has 2 N–H and O–H groups in total. The molecule has 1 aromatic carbocycles. The number of anilines is 2. The maximum Gasteiger partial charge on any atom is 0.125 e. The highest BCUT2D eigenvalue weighted by Gasteiger charge is 1.96. The summed E-state index contributed by atoms with van der Waals surface area (Å²) in [5.74, 6) is 0.962. The zero-order valence-corrected chi connectivity index (χ0v) is 8.31. The fraction of sp³-hybridized carbons (Fsp3) is 0.0909. The third-order valence-corrected chi connectivity index (χ3v) is 1.92. The van der Waals surface area contributed by atoms with Gasteiger partial charge in [0.15, 0.2) is 0 Å². The van der Waals surface area contributed by atoms with Gasteiger partial charge in [-0.15, -0.1) is 0 Å². The monoisotopic (exact) mass is 201 g/mol. The van der Waals surface area contributed by atoms with Gasteiger partial charge >= 0.3 is 0 Å². The molecule has 0 aliphatic rings. The van der Waals surface area contributed by atoms with Gasteiger partial charge in [0, 0.05) is 11.8 Å². The molecule has 0 unspecified atom stereocenters. The van der Waals surface area contributed by atoms with Crippen LogP contribution < -0.4 is 5.32 Å². The quantitative estimate of drug-likeness (QED) is 0.782. The van der Waals surface area contributed by atoms with Crippen LogP contribution in [0.5, 0.6) is 5.75 Å². The number of rotatable bonds is 2. The summed E-state index contributed by atoms with van der Waals surface area (Å²) in [5.41, 5.74) is 1.61. The number of hydrogen-bond acceptors (Lipinski definition) is 4. The third kappa shape index (κ3) is 2.43. The first-order valence-corrected chi connectivity index (χ1v) is 4.59. The Morgan fingerprint density at radius 2 is 1.87 bits per heavy atom. The molecule has 0 radical (unpaired) electrons. The van der Waals surface area contributed by atoms with Gasteiger partial charge < -0.3 is 10.4 Å². The SMILES string of the molecule is Cc1ncc(Nc2cccc(O)c2)cn1. The van der Waals surface area contributed by atoms with Crippen molar-refractivity contribution < 1.29 is 5.11 Å². The van der Waals surface area contributed by atoms with Crippen molar-refractivity contribution in [3.8, 4) is 5.75 Å². The summed E-state index contributed by atoms with van der Waals surface area (Å²) in [4.78, 5) is 8.12. The van der Waals surface area contributed by atoms with Crippen molar-refractivity contribution in [2.24, 2.45) is 0 Å². The van der Waals surface area contributed by atoms with Crippen molar-refractivity contribution in [3.63, 3.8) is 0 Å². The van der Waals surface area contributed by atoms with Crippen molar-refractivity contribution >= 4 is 11.4 Å². The average Bonchev–Trinajstić information content (AvgIpc) is 2.22. The summed E-state index contributed by atoms with van der Waals surface area (Å²) < 4.78 is 0. The van der Waals surface area contributed by atoms with Gasteiger partial charge in [-0.3, -0.25) is 0 Å². The molecule has 0 saturated heterocycles. The lowest BCUT2D eigenvalue weighted by Crippen LogP contribution is -1.93. The van der Waals surface area contributed by atoms with Crippen LogP contribution in [-0.4, -0.2) is 15.1 Å². The van der Waals surface area contributed by atoms with Crippen LogP contribution in [-0.2, 0) is 0 Å². The standard InChI is InChI=1S/C11H11N3O/c1-8-12-6-10(7-13-8)14-9-3-2-4-11(15)5-9/h2-7,14-15H,1H3. The molecule has 0 aliphatic heterocycles. The van der Waals surface area contributed by atoms with E-state index in [1.165, 1.54) is 0 Å². The van der Waals surface area contributed by atoms with Crippen molar-refractivity contribution in [3.05, 3.63) is 42.5 Å². The Morgan fingerprint density at radius 3 is 2.53 bits per heavy atom. The van der Waals surface area contributed by atoms with Crippen LogP contribution in [0.15, 0.2) is 36.7 Å². The summed E-state index contributed by atoms with van der Waals surface area (Å²) in [6.07, 6.45) is 3.40. The van der Waals surface area contributed by atoms with Crippen LogP contribution in [0.4, 0.5) is 11.4 Å². The van der Waals surface area contributed by atoms with Crippen LogP contribution in [0.3, 0.4) is 0 Å². The van der Waals surface area contributed by atoms with Crippen LogP contribution >= 0.6 is 0 Å². The van der Waals surface area contributed by atoms with E-state index in [4.69, 9.17) is 0 Å². The molecule has 0 amide bonds. The second-order valence-electron chi connectivity index (χ2n) is 3.19. The largest absolute Gasteiger partial charge is 0.508 e. The summed E-state index contributed by atoms with van der Waals surface area (Å²) >= 11 is 0. The molecule has 0 spiro atoms. The van der Waals surface area contributed by atoms with E-state index in [0.717, 1.165) is 17.2 Å². The van der Waals surface area contributed by atoms with Crippen molar-refractivity contribution in [2.45, 2.75) is 6.92 Å². The molecule has 2 rings (SSSR count). The van der Waals surface area contributed by atoms with Gasteiger partial charge in [0.25, 0.3) is 0 Å². The van der Waals surface area contributed by atoms with E-state index < -0.39 is 0 Å². The summed E-state index contributed by atoms with van der Waals surface area (Å²) in [6.45, 7) is 1.83. The van der Waals surface area contributed by atoms with Crippen LogP contribution in [0.1, 0.15) is 5.82 Å². The number of phenolic OH excluding ortho intramolecular Hbond substituents is 1. The maximum atomic E-state index is 9.26. The first-order valence-electron chi connectivity index (χ1n) is 4.59. The molecule has 0 fully saturated rings. The molecule has 0 aliphatic carbocycles. The molecule has 0 saturated carbocycles. The normalized spacial score (nSPS) is 9.93. The lowest BCUT2D eigenvalue weighted by molar-refractivity contribution is 0.475. The Bertz CT molecular complexity index is 454. The Kier molecular flexibility index (Phi) is 2.49. The molecule has 0 bridgehead atoms. The average molecular weight is 201 g/mol. The molecule has 4 nitrogen and oxygen atoms in total. The lowest BCUT2D eigenvalue weighted by Gasteiger charge is -2.05. The number of nitrogens with zero attached hydrogens (tertiary/aromatic N) is 2. The number of phenols is 1. The first kappa shape index (κ1) is 9.45. The van der Waals surface area contributed by atoms with E-state index in [1.807, 2.05) is 13.0 Å². The third-order valence-electron chi connectivity index (χ3n) is 1.92. The minimum atomic E-state index is 0.230. The first-order chi connectivity index (χ1) is 7.24. The number of benzene rings is 1. The Hall–Kier alpha value is -2.10. The molecule has 15 heavy (non-hydrogen) atoms. The van der Waals surface area contributed by atoms with E-state index in [9.17, 15) is 5.11 Å². The van der Waals surface area contributed by atoms with Gasteiger partial charge in [0.1, 0.15) is 11.6 Å². The van der Waals surface area contributed by atoms with Crippen LogP contribution in [0, 0.1) is 6.92 Å². The summed E-state index contributed by atoms with van der Waals surface area (Å²) in [6, 6.07) is 6.89. The van der Waals surface area contributed by atoms with Gasteiger partial charge in [0.2, 0.25) is 0 Å². The molecular formula is C11H11N3O. The van der Waals surface area contributed by atoms with Crippen molar-refractivity contribution in [1.29, 1.82) is 0 Å². The molecule has 2 aromatic rings. The lowest BCUT2D eigenvalue weighted by atomic mass is 10.3. The predicted molar refractivity (Wildman–Crippen MR) is 58.2 cm³/mol. The van der Waals surface area contributed by atoms with Crippen LogP contribution in [0.25, 0.3) is 0 Å². The highest BCUT2D eigenvalue weighted by Crippen LogP contribution is 2.19. The molecule has 76 valence electrons. The molecule has 1 aromatic heterocycles. The fourth-order valence-corrected chi connectivity index (χ4v) is 1.21. The number of hydrogen-bond donors (Lipinski definition) is 2. The molecule has 1 heterocycles. The number of nitrogens with one attached hydrogen (secondary N) is 1. The molecule has 0 atom stereocenters. The highest BCUT2D eigenvalue weighted by atomic mass is 16.3. The van der Waals surface area contributed by atoms with Gasteiger partial charge in [0.05, 0.1) is 18.1 Å². The molecule has 4 heteroatoms. The van der Waals surface area contributed by atoms with Crippen LogP contribution in [0.2, 0.25) is 0 Å². The zero-order valence-electron chi connectivity index (χ0n) is 8.31. The van der Waals surface area contributed by atoms with Gasteiger partial charge in [-0.1, -0.05) is 6.07 Å². The number of aromatic hydroxyl groups is 1. The Labute approximate surface area is 87.6 Å². The van der Waals surface area contributed by atoms with E-state index in [-0.39, 0.29) is 5.75 Å². The Balaban J connectivity index is 2.18. The smallest absolute Gasteiger partial charge is 0.125 e. The summed E-state index contributed by atoms with van der Waals surface area (Å²) in [7, 11) is 0. The van der Waals surface area contributed by atoms with E-state index in [0.29, 0.717) is 0 Å². The topological polar surface area (TPSA) is 58.0 Å². The zero-order chi connectivity index (χ0) is 10.7. The van der Waals surface area contributed by atoms with E-state index in [1.54, 1.807) is 30.6 Å². The predicted octanol–water partition coefficient (Wildman–Crippen LogP) is 2.23. The number of aromatic nitrogens is 2. The minimum Gasteiger partial charge on any atom is -0.508 e. The van der Waals surface area contributed by atoms with Crippen molar-refractivity contribution in [2.75, 3.05) is 5.32 Å². The second kappa shape index (κ2) is 3.96. The Morgan fingerprint density at radius 1 is 1.13 bits per heavy atom. The maximum absolute atomic E-state index is 9.26. The van der Waals surface area contributed by atoms with Gasteiger partial charge in [-0.05, 0) is 19.1 Å². The minimum absolute atomic E-state index is 0.230. The summed E-state index contributed by atoms with van der Waals surface area (Å²) in [5, 5.41) is 12.4. The van der Waals surface area contributed by atoms with Gasteiger partial charge in [-0.25, -0.2) is 9.97 Å². The van der Waals surface area contributed by atoms with E-state index in [2.05, 4.69) is 15.3 Å². The van der Waals surface area contributed by atoms with Crippen molar-refractivity contribution in [1.82, 2.24) is 9.97 Å². The second-order valence-corrected chi connectivity index (χ2v) is 3.19. The fourth-order valence-electron chi connectivity index (χ4n) is 1.21.